The molecule has 0 bridgehead atoms. The number of esters is 4. The molecule has 0 saturated carbocycles. The van der Waals surface area contributed by atoms with Crippen LogP contribution in [0.25, 0.3) is 0 Å². The molecule has 0 aromatic rings. The number of carbonyl (C=O) groups is 4. The van der Waals surface area contributed by atoms with Crippen molar-refractivity contribution < 1.29 is 80.2 Å². The van der Waals surface area contributed by atoms with Crippen LogP contribution in [-0.2, 0) is 65.4 Å². The van der Waals surface area contributed by atoms with Crippen LogP contribution in [0.5, 0.6) is 0 Å². The number of rotatable bonds is 48. The average molecular weight is 1000 g/mol. The van der Waals surface area contributed by atoms with Crippen molar-refractivity contribution in [1.82, 2.24) is 0 Å². The normalized spacial score (nSPS) is 14.8. The van der Waals surface area contributed by atoms with Gasteiger partial charge in [0, 0.05) is 25.7 Å². The lowest BCUT2D eigenvalue weighted by Gasteiger charge is -2.21. The lowest BCUT2D eigenvalue weighted by Crippen LogP contribution is -2.30. The van der Waals surface area contributed by atoms with Crippen molar-refractivity contribution in [3.05, 3.63) is 0 Å². The number of phosphoric acid groups is 2. The number of hydrogen-bond donors (Lipinski definition) is 3. The molecular weight excluding hydrogens is 910 g/mol. The maximum Gasteiger partial charge on any atom is 0.472 e. The monoisotopic (exact) mass is 1000 g/mol. The van der Waals surface area contributed by atoms with E-state index in [1.807, 2.05) is 0 Å². The van der Waals surface area contributed by atoms with E-state index in [0.717, 1.165) is 109 Å². The second-order valence-electron chi connectivity index (χ2n) is 18.0. The number of aliphatic hydroxyl groups is 1. The fourth-order valence-corrected chi connectivity index (χ4v) is 8.33. The van der Waals surface area contributed by atoms with Gasteiger partial charge in [-0.1, -0.05) is 169 Å². The Morgan fingerprint density at radius 2 is 0.687 bits per heavy atom. The van der Waals surface area contributed by atoms with Gasteiger partial charge in [-0.2, -0.15) is 0 Å². The van der Waals surface area contributed by atoms with Crippen molar-refractivity contribution in [2.24, 2.45) is 5.92 Å². The third-order valence-corrected chi connectivity index (χ3v) is 12.7. The SMILES string of the molecule is CCCCCCCCCC(=O)OC[C@H](COP(=O)(O)OC[C@@H](O)COP(=O)(O)OC[C@@H](COC(=O)CCCCCCC)OC(=O)CCCCCCC)OC(=O)CCCCCCCCCC(C)C. The van der Waals surface area contributed by atoms with Crippen molar-refractivity contribution in [2.75, 3.05) is 39.6 Å². The first-order chi connectivity index (χ1) is 32.0. The maximum absolute atomic E-state index is 12.8. The van der Waals surface area contributed by atoms with E-state index in [1.54, 1.807) is 0 Å². The molecule has 0 aliphatic rings. The minimum absolute atomic E-state index is 0.0983. The summed E-state index contributed by atoms with van der Waals surface area (Å²) in [6.07, 6.45) is 20.8. The molecule has 0 heterocycles. The average Bonchev–Trinajstić information content (AvgIpc) is 3.28. The van der Waals surface area contributed by atoms with Crippen LogP contribution in [0.1, 0.15) is 221 Å². The van der Waals surface area contributed by atoms with Gasteiger partial charge in [-0.25, -0.2) is 9.13 Å². The molecule has 67 heavy (non-hydrogen) atoms. The van der Waals surface area contributed by atoms with E-state index in [9.17, 15) is 43.2 Å². The number of unbranched alkanes of at least 4 members (excludes halogenated alkanes) is 20. The zero-order valence-electron chi connectivity index (χ0n) is 42.0. The van der Waals surface area contributed by atoms with Gasteiger partial charge in [0.25, 0.3) is 0 Å². The fraction of sp³-hybridized carbons (Fsp3) is 0.917. The first-order valence-electron chi connectivity index (χ1n) is 25.6. The molecule has 5 atom stereocenters. The Balaban J connectivity index is 5.15. The smallest absolute Gasteiger partial charge is 0.462 e. The maximum atomic E-state index is 12.8. The number of phosphoric ester groups is 2. The van der Waals surface area contributed by atoms with Gasteiger partial charge in [0.1, 0.15) is 19.3 Å². The van der Waals surface area contributed by atoms with Gasteiger partial charge in [0.05, 0.1) is 26.4 Å². The molecule has 0 radical (unpaired) electrons. The summed E-state index contributed by atoms with van der Waals surface area (Å²) >= 11 is 0. The van der Waals surface area contributed by atoms with Crippen molar-refractivity contribution in [3.63, 3.8) is 0 Å². The highest BCUT2D eigenvalue weighted by atomic mass is 31.2. The Labute approximate surface area is 403 Å². The topological polar surface area (TPSA) is 237 Å². The fourth-order valence-electron chi connectivity index (χ4n) is 6.75. The summed E-state index contributed by atoms with van der Waals surface area (Å²) in [4.78, 5) is 70.8. The Kier molecular flexibility index (Phi) is 41.7. The second kappa shape index (κ2) is 42.9. The zero-order chi connectivity index (χ0) is 50.0. The Hall–Kier alpha value is -1.94. The van der Waals surface area contributed by atoms with Crippen LogP contribution >= 0.6 is 15.6 Å². The van der Waals surface area contributed by atoms with E-state index in [-0.39, 0.29) is 25.7 Å². The molecule has 0 rings (SSSR count). The lowest BCUT2D eigenvalue weighted by molar-refractivity contribution is -0.161. The summed E-state index contributed by atoms with van der Waals surface area (Å²) in [5, 5.41) is 10.4. The van der Waals surface area contributed by atoms with E-state index in [1.165, 1.54) is 25.7 Å². The summed E-state index contributed by atoms with van der Waals surface area (Å²) in [7, 11) is -9.83. The van der Waals surface area contributed by atoms with Gasteiger partial charge < -0.3 is 33.8 Å². The highest BCUT2D eigenvalue weighted by molar-refractivity contribution is 7.47. The van der Waals surface area contributed by atoms with Crippen LogP contribution in [0.2, 0.25) is 0 Å². The molecule has 0 spiro atoms. The molecular formula is C48H92O17P2. The predicted molar refractivity (Wildman–Crippen MR) is 257 cm³/mol. The molecule has 3 N–H and O–H groups in total. The summed E-state index contributed by atoms with van der Waals surface area (Å²) in [5.74, 6) is -1.49. The lowest BCUT2D eigenvalue weighted by atomic mass is 10.0. The quantitative estimate of drug-likeness (QED) is 0.0222. The van der Waals surface area contributed by atoms with E-state index < -0.39 is 97.5 Å². The first kappa shape index (κ1) is 65.1. The number of ether oxygens (including phenoxy) is 4. The standard InChI is InChI=1S/C48H92O17P2/c1-6-9-12-15-17-23-27-32-46(51)59-38-44(65-48(53)34-29-24-19-16-18-22-25-30-41(4)5)40-63-67(56,57)61-36-42(49)35-60-66(54,55)62-39-43(64-47(52)33-28-21-14-11-8-3)37-58-45(50)31-26-20-13-10-7-2/h41-44,49H,6-40H2,1-5H3,(H,54,55)(H,56,57)/t42-,43+,44+/m0/s1. The van der Waals surface area contributed by atoms with Gasteiger partial charge >= 0.3 is 39.5 Å². The van der Waals surface area contributed by atoms with Crippen LogP contribution < -0.4 is 0 Å². The van der Waals surface area contributed by atoms with Crippen LogP contribution in [-0.4, -0.2) is 96.7 Å². The van der Waals surface area contributed by atoms with Gasteiger partial charge in [-0.15, -0.1) is 0 Å². The summed E-state index contributed by atoms with van der Waals surface area (Å²) < 4.78 is 66.8. The predicted octanol–water partition coefficient (Wildman–Crippen LogP) is 11.6. The molecule has 0 aromatic carbocycles. The third kappa shape index (κ3) is 43.8. The molecule has 2 unspecified atom stereocenters. The van der Waals surface area contributed by atoms with Crippen molar-refractivity contribution in [2.45, 2.75) is 239 Å². The zero-order valence-corrected chi connectivity index (χ0v) is 43.8. The molecule has 0 aromatic heterocycles. The van der Waals surface area contributed by atoms with E-state index in [4.69, 9.17) is 37.0 Å². The second-order valence-corrected chi connectivity index (χ2v) is 20.9. The number of aliphatic hydroxyl groups excluding tert-OH is 1. The van der Waals surface area contributed by atoms with Crippen molar-refractivity contribution in [1.29, 1.82) is 0 Å². The Morgan fingerprint density at radius 1 is 0.403 bits per heavy atom. The Bertz CT molecular complexity index is 1350. The van der Waals surface area contributed by atoms with Crippen molar-refractivity contribution in [3.8, 4) is 0 Å². The third-order valence-electron chi connectivity index (χ3n) is 10.8. The minimum Gasteiger partial charge on any atom is -0.462 e. The number of hydrogen-bond acceptors (Lipinski definition) is 15. The van der Waals surface area contributed by atoms with E-state index >= 15 is 0 Å². The summed E-state index contributed by atoms with van der Waals surface area (Å²) in [5.41, 5.74) is 0. The summed E-state index contributed by atoms with van der Waals surface area (Å²) in [6.45, 7) is 6.77. The van der Waals surface area contributed by atoms with Crippen LogP contribution in [0.15, 0.2) is 0 Å². The molecule has 0 aliphatic carbocycles. The highest BCUT2D eigenvalue weighted by Crippen LogP contribution is 2.45. The largest absolute Gasteiger partial charge is 0.472 e. The highest BCUT2D eigenvalue weighted by Gasteiger charge is 2.30. The van der Waals surface area contributed by atoms with Gasteiger partial charge in [0.15, 0.2) is 12.2 Å². The molecule has 0 amide bonds. The first-order valence-corrected chi connectivity index (χ1v) is 28.6. The van der Waals surface area contributed by atoms with E-state index in [0.29, 0.717) is 31.6 Å². The van der Waals surface area contributed by atoms with Gasteiger partial charge in [0.2, 0.25) is 0 Å². The molecule has 0 aliphatic heterocycles. The van der Waals surface area contributed by atoms with Gasteiger partial charge in [-0.3, -0.25) is 37.3 Å². The minimum atomic E-state index is -4.92. The molecule has 0 fully saturated rings. The molecule has 0 saturated heterocycles. The molecule has 17 nitrogen and oxygen atoms in total. The number of carbonyl (C=O) groups excluding carboxylic acids is 4. The van der Waals surface area contributed by atoms with Crippen LogP contribution in [0.4, 0.5) is 0 Å². The van der Waals surface area contributed by atoms with E-state index in [2.05, 4.69) is 34.6 Å². The molecule has 396 valence electrons. The van der Waals surface area contributed by atoms with Crippen LogP contribution in [0.3, 0.4) is 0 Å². The molecule has 19 heteroatoms. The Morgan fingerprint density at radius 3 is 1.01 bits per heavy atom. The van der Waals surface area contributed by atoms with Crippen LogP contribution in [0, 0.1) is 5.92 Å². The van der Waals surface area contributed by atoms with Crippen molar-refractivity contribution >= 4 is 39.5 Å². The van der Waals surface area contributed by atoms with Gasteiger partial charge in [-0.05, 0) is 31.6 Å². The summed E-state index contributed by atoms with van der Waals surface area (Å²) in [6, 6.07) is 0.